The Hall–Kier alpha value is -2.05. The van der Waals surface area contributed by atoms with Crippen LogP contribution in [0, 0.1) is 5.82 Å². The largest absolute Gasteiger partial charge is 0.452 e. The van der Waals surface area contributed by atoms with Crippen LogP contribution in [-0.2, 0) is 27.2 Å². The van der Waals surface area contributed by atoms with Gasteiger partial charge in [-0.25, -0.2) is 4.39 Å². The van der Waals surface area contributed by atoms with Gasteiger partial charge in [-0.1, -0.05) is 17.7 Å². The second-order valence-corrected chi connectivity index (χ2v) is 7.77. The number of benzene rings is 2. The van der Waals surface area contributed by atoms with Gasteiger partial charge < -0.3 is 10.1 Å². The average molecular weight is 408 g/mol. The molecule has 142 valence electrons. The van der Waals surface area contributed by atoms with Crippen molar-refractivity contribution in [3.05, 3.63) is 58.4 Å². The Morgan fingerprint density at radius 2 is 2.00 bits per heavy atom. The summed E-state index contributed by atoms with van der Waals surface area (Å²) in [5.41, 5.74) is 2.99. The Balaban J connectivity index is 1.48. The number of anilines is 1. The number of fused-ring (bicyclic) bond motifs is 1. The third-order valence-corrected chi connectivity index (χ3v) is 5.57. The van der Waals surface area contributed by atoms with Crippen LogP contribution in [0.4, 0.5) is 10.1 Å². The van der Waals surface area contributed by atoms with Crippen molar-refractivity contribution in [2.45, 2.75) is 37.2 Å². The molecule has 0 spiro atoms. The summed E-state index contributed by atoms with van der Waals surface area (Å²) in [5.74, 6) is -1.39. The van der Waals surface area contributed by atoms with Gasteiger partial charge in [0.15, 0.2) is 6.10 Å². The highest BCUT2D eigenvalue weighted by molar-refractivity contribution is 8.00. The van der Waals surface area contributed by atoms with Gasteiger partial charge in [-0.05, 0) is 67.6 Å². The van der Waals surface area contributed by atoms with Crippen LogP contribution in [0.15, 0.2) is 41.3 Å². The molecule has 0 saturated carbocycles. The number of rotatable bonds is 6. The molecule has 1 atom stereocenters. The average Bonchev–Trinajstić information content (AvgIpc) is 3.10. The third kappa shape index (κ3) is 5.23. The van der Waals surface area contributed by atoms with Gasteiger partial charge in [-0.3, -0.25) is 9.59 Å². The van der Waals surface area contributed by atoms with E-state index in [4.69, 9.17) is 16.3 Å². The smallest absolute Gasteiger partial charge is 0.317 e. The standard InChI is InChI=1S/C20H19ClFNO3S/c1-12(20(25)23-18-8-6-15(22)10-17(18)21)26-19(24)11-27-16-7-5-13-3-2-4-14(13)9-16/h5-10,12H,2-4,11H2,1H3,(H,23,25)/t12-/m0/s1. The van der Waals surface area contributed by atoms with Crippen molar-refractivity contribution in [1.82, 2.24) is 0 Å². The third-order valence-electron chi connectivity index (χ3n) is 4.29. The number of aryl methyl sites for hydroxylation is 2. The van der Waals surface area contributed by atoms with Crippen molar-refractivity contribution in [3.8, 4) is 0 Å². The minimum absolute atomic E-state index is 0.0778. The fourth-order valence-electron chi connectivity index (χ4n) is 2.89. The maximum atomic E-state index is 13.0. The molecular weight excluding hydrogens is 389 g/mol. The minimum atomic E-state index is -0.987. The zero-order valence-electron chi connectivity index (χ0n) is 14.8. The molecule has 1 N–H and O–H groups in total. The number of nitrogens with one attached hydrogen (secondary N) is 1. The topological polar surface area (TPSA) is 55.4 Å². The molecular formula is C20H19ClFNO3S. The number of hydrogen-bond acceptors (Lipinski definition) is 4. The zero-order chi connectivity index (χ0) is 19.4. The van der Waals surface area contributed by atoms with E-state index in [0.29, 0.717) is 0 Å². The maximum Gasteiger partial charge on any atom is 0.317 e. The molecule has 7 heteroatoms. The maximum absolute atomic E-state index is 13.0. The van der Waals surface area contributed by atoms with E-state index in [-0.39, 0.29) is 16.5 Å². The van der Waals surface area contributed by atoms with Gasteiger partial charge in [0.25, 0.3) is 5.91 Å². The van der Waals surface area contributed by atoms with E-state index in [1.54, 1.807) is 0 Å². The molecule has 2 aromatic rings. The highest BCUT2D eigenvalue weighted by Gasteiger charge is 2.19. The summed E-state index contributed by atoms with van der Waals surface area (Å²) < 4.78 is 18.2. The Morgan fingerprint density at radius 3 is 2.78 bits per heavy atom. The number of esters is 1. The second-order valence-electron chi connectivity index (χ2n) is 6.32. The molecule has 1 aliphatic carbocycles. The zero-order valence-corrected chi connectivity index (χ0v) is 16.3. The van der Waals surface area contributed by atoms with Crippen LogP contribution in [0.2, 0.25) is 5.02 Å². The lowest BCUT2D eigenvalue weighted by Crippen LogP contribution is -2.30. The summed E-state index contributed by atoms with van der Waals surface area (Å²) in [7, 11) is 0. The first-order valence-corrected chi connectivity index (χ1v) is 9.99. The van der Waals surface area contributed by atoms with Crippen LogP contribution in [0.1, 0.15) is 24.5 Å². The Bertz CT molecular complexity index is 874. The van der Waals surface area contributed by atoms with Crippen molar-refractivity contribution < 1.29 is 18.7 Å². The monoisotopic (exact) mass is 407 g/mol. The molecule has 1 aliphatic rings. The number of carbonyl (C=O) groups is 2. The summed E-state index contributed by atoms with van der Waals surface area (Å²) >= 11 is 7.26. The van der Waals surface area contributed by atoms with Crippen LogP contribution in [0.3, 0.4) is 0 Å². The minimum Gasteiger partial charge on any atom is -0.452 e. The van der Waals surface area contributed by atoms with Crippen LogP contribution < -0.4 is 5.32 Å². The molecule has 0 aromatic heterocycles. The quantitative estimate of drug-likeness (QED) is 0.560. The van der Waals surface area contributed by atoms with Crippen molar-refractivity contribution in [3.63, 3.8) is 0 Å². The van der Waals surface area contributed by atoms with Gasteiger partial charge >= 0.3 is 5.97 Å². The van der Waals surface area contributed by atoms with Crippen LogP contribution >= 0.6 is 23.4 Å². The molecule has 0 saturated heterocycles. The molecule has 2 aromatic carbocycles. The molecule has 27 heavy (non-hydrogen) atoms. The molecule has 1 amide bonds. The van der Waals surface area contributed by atoms with Crippen molar-refractivity contribution in [1.29, 1.82) is 0 Å². The first kappa shape index (κ1) is 19.7. The van der Waals surface area contributed by atoms with E-state index in [9.17, 15) is 14.0 Å². The lowest BCUT2D eigenvalue weighted by Gasteiger charge is -2.14. The van der Waals surface area contributed by atoms with Gasteiger partial charge in [-0.2, -0.15) is 0 Å². The number of hydrogen-bond donors (Lipinski definition) is 1. The Morgan fingerprint density at radius 1 is 1.22 bits per heavy atom. The normalized spacial score (nSPS) is 13.7. The number of amides is 1. The predicted octanol–water partition coefficient (Wildman–Crippen LogP) is 4.63. The fourth-order valence-corrected chi connectivity index (χ4v) is 3.85. The van der Waals surface area contributed by atoms with Crippen molar-refractivity contribution in [2.75, 3.05) is 11.1 Å². The molecule has 0 heterocycles. The summed E-state index contributed by atoms with van der Waals surface area (Å²) in [6.45, 7) is 1.48. The number of carbonyl (C=O) groups excluding carboxylic acids is 2. The van der Waals surface area contributed by atoms with Gasteiger partial charge in [-0.15, -0.1) is 11.8 Å². The van der Waals surface area contributed by atoms with Crippen LogP contribution in [-0.4, -0.2) is 23.7 Å². The second kappa shape index (κ2) is 8.76. The van der Waals surface area contributed by atoms with E-state index in [0.717, 1.165) is 23.8 Å². The van der Waals surface area contributed by atoms with Crippen LogP contribution in [0.5, 0.6) is 0 Å². The van der Waals surface area contributed by atoms with Crippen molar-refractivity contribution in [2.24, 2.45) is 0 Å². The van der Waals surface area contributed by atoms with Crippen LogP contribution in [0.25, 0.3) is 0 Å². The molecule has 0 aliphatic heterocycles. The summed E-state index contributed by atoms with van der Waals surface area (Å²) in [5, 5.41) is 2.60. The molecule has 0 fully saturated rings. The molecule has 0 radical (unpaired) electrons. The first-order valence-electron chi connectivity index (χ1n) is 8.62. The highest BCUT2D eigenvalue weighted by atomic mass is 35.5. The lowest BCUT2D eigenvalue weighted by atomic mass is 10.1. The summed E-state index contributed by atoms with van der Waals surface area (Å²) in [4.78, 5) is 25.2. The van der Waals surface area contributed by atoms with E-state index < -0.39 is 23.8 Å². The van der Waals surface area contributed by atoms with E-state index >= 15 is 0 Å². The van der Waals surface area contributed by atoms with Gasteiger partial charge in [0.05, 0.1) is 16.5 Å². The summed E-state index contributed by atoms with van der Waals surface area (Å²) in [6, 6.07) is 9.88. The van der Waals surface area contributed by atoms with Crippen molar-refractivity contribution >= 4 is 40.9 Å². The lowest BCUT2D eigenvalue weighted by molar-refractivity contribution is -0.150. The molecule has 0 bridgehead atoms. The first-order chi connectivity index (χ1) is 12.9. The van der Waals surface area contributed by atoms with E-state index in [1.165, 1.54) is 48.4 Å². The molecule has 4 nitrogen and oxygen atoms in total. The number of thioether (sulfide) groups is 1. The Labute approximate surface area is 166 Å². The van der Waals surface area contributed by atoms with E-state index in [1.807, 2.05) is 6.07 Å². The number of halogens is 2. The Kier molecular flexibility index (Phi) is 6.39. The van der Waals surface area contributed by atoms with E-state index in [2.05, 4.69) is 17.4 Å². The fraction of sp³-hybridized carbons (Fsp3) is 0.300. The SMILES string of the molecule is C[C@H](OC(=O)CSc1ccc2c(c1)CCC2)C(=O)Nc1ccc(F)cc1Cl. The van der Waals surface area contributed by atoms with Gasteiger partial charge in [0.1, 0.15) is 5.82 Å². The molecule has 0 unspecified atom stereocenters. The highest BCUT2D eigenvalue weighted by Crippen LogP contribution is 2.27. The summed E-state index contributed by atoms with van der Waals surface area (Å²) in [6.07, 6.45) is 2.39. The van der Waals surface area contributed by atoms with Gasteiger partial charge in [0.2, 0.25) is 0 Å². The predicted molar refractivity (Wildman–Crippen MR) is 105 cm³/mol. The number of ether oxygens (including phenoxy) is 1. The molecule has 3 rings (SSSR count). The van der Waals surface area contributed by atoms with Gasteiger partial charge in [0, 0.05) is 4.90 Å².